The van der Waals surface area contributed by atoms with E-state index in [-0.39, 0.29) is 17.9 Å². The summed E-state index contributed by atoms with van der Waals surface area (Å²) in [4.78, 5) is 28.9. The fourth-order valence-electron chi connectivity index (χ4n) is 2.81. The average Bonchev–Trinajstić information content (AvgIpc) is 2.95. The summed E-state index contributed by atoms with van der Waals surface area (Å²) in [6.45, 7) is 5.84. The van der Waals surface area contributed by atoms with Gasteiger partial charge < -0.3 is 10.4 Å². The summed E-state index contributed by atoms with van der Waals surface area (Å²) in [6, 6.07) is -0.174. The quantitative estimate of drug-likeness (QED) is 0.894. The predicted octanol–water partition coefficient (Wildman–Crippen LogP) is 2.38. The molecule has 5 nitrogen and oxygen atoms in total. The lowest BCUT2D eigenvalue weighted by atomic mass is 9.95. The van der Waals surface area contributed by atoms with Crippen molar-refractivity contribution in [3.8, 4) is 0 Å². The van der Waals surface area contributed by atoms with Crippen LogP contribution in [0.2, 0.25) is 0 Å². The number of amides is 1. The zero-order chi connectivity index (χ0) is 14.9. The van der Waals surface area contributed by atoms with Gasteiger partial charge in [0.25, 0.3) is 0 Å². The third-order valence-electron chi connectivity index (χ3n) is 3.82. The number of aromatic nitrogens is 1. The van der Waals surface area contributed by atoms with Crippen molar-refractivity contribution in [2.24, 2.45) is 17.8 Å². The molecule has 1 saturated carbocycles. The molecule has 0 spiro atoms. The molecule has 0 bridgehead atoms. The Labute approximate surface area is 122 Å². The number of thiazole rings is 1. The molecule has 20 heavy (non-hydrogen) atoms. The van der Waals surface area contributed by atoms with Gasteiger partial charge in [-0.05, 0) is 32.6 Å². The van der Waals surface area contributed by atoms with Crippen molar-refractivity contribution in [1.29, 1.82) is 0 Å². The van der Waals surface area contributed by atoms with Crippen molar-refractivity contribution in [2.45, 2.75) is 39.7 Å². The molecule has 0 aliphatic heterocycles. The van der Waals surface area contributed by atoms with E-state index in [9.17, 15) is 14.7 Å². The minimum absolute atomic E-state index is 0.165. The van der Waals surface area contributed by atoms with Crippen LogP contribution in [0.5, 0.6) is 0 Å². The normalized spacial score (nSPS) is 27.2. The molecule has 1 fully saturated rings. The lowest BCUT2D eigenvalue weighted by molar-refractivity contribution is -0.146. The van der Waals surface area contributed by atoms with Crippen molar-refractivity contribution < 1.29 is 14.7 Å². The Kier molecular flexibility index (Phi) is 4.42. The summed E-state index contributed by atoms with van der Waals surface area (Å²) in [6.07, 6.45) is 3.00. The first-order valence-electron chi connectivity index (χ1n) is 6.84. The maximum absolute atomic E-state index is 12.3. The van der Waals surface area contributed by atoms with Crippen LogP contribution in [-0.2, 0) is 9.59 Å². The van der Waals surface area contributed by atoms with Crippen molar-refractivity contribution in [2.75, 3.05) is 0 Å². The van der Waals surface area contributed by atoms with Crippen LogP contribution in [0.1, 0.15) is 42.6 Å². The highest BCUT2D eigenvalue weighted by Gasteiger charge is 2.41. The van der Waals surface area contributed by atoms with Gasteiger partial charge in [-0.2, -0.15) is 0 Å². The molecule has 1 aliphatic carbocycles. The van der Waals surface area contributed by atoms with Gasteiger partial charge in [-0.25, -0.2) is 4.98 Å². The summed E-state index contributed by atoms with van der Waals surface area (Å²) in [5.41, 5.74) is 0. The molecule has 2 N–H and O–H groups in total. The monoisotopic (exact) mass is 296 g/mol. The lowest BCUT2D eigenvalue weighted by Crippen LogP contribution is -2.36. The molecule has 1 aromatic rings. The maximum atomic E-state index is 12.3. The van der Waals surface area contributed by atoms with Gasteiger partial charge in [-0.15, -0.1) is 11.3 Å². The number of nitrogens with one attached hydrogen (secondary N) is 1. The standard InChI is InChI=1S/C14H20N2O3S/c1-7-4-10(11(5-7)14(18)19)12(17)16-9(3)13-15-6-8(2)20-13/h6-7,9-11H,4-5H2,1-3H3,(H,16,17)(H,18,19)/t7?,9?,10-,11+/m0/s1. The summed E-state index contributed by atoms with van der Waals surface area (Å²) >= 11 is 1.55. The van der Waals surface area contributed by atoms with Crippen LogP contribution >= 0.6 is 11.3 Å². The number of carbonyl (C=O) groups excluding carboxylic acids is 1. The second kappa shape index (κ2) is 5.91. The van der Waals surface area contributed by atoms with Crippen molar-refractivity contribution in [1.82, 2.24) is 10.3 Å². The van der Waals surface area contributed by atoms with E-state index < -0.39 is 17.8 Å². The van der Waals surface area contributed by atoms with E-state index in [4.69, 9.17) is 0 Å². The Morgan fingerprint density at radius 3 is 2.65 bits per heavy atom. The highest BCUT2D eigenvalue weighted by molar-refractivity contribution is 7.11. The number of hydrogen-bond donors (Lipinski definition) is 2. The van der Waals surface area contributed by atoms with Crippen LogP contribution in [0.25, 0.3) is 0 Å². The van der Waals surface area contributed by atoms with Gasteiger partial charge in [0.2, 0.25) is 5.91 Å². The number of aryl methyl sites for hydroxylation is 1. The Bertz CT molecular complexity index is 514. The second-order valence-electron chi connectivity index (χ2n) is 5.67. The molecular weight excluding hydrogens is 276 g/mol. The Balaban J connectivity index is 2.02. The summed E-state index contributed by atoms with van der Waals surface area (Å²) in [5, 5.41) is 13.0. The smallest absolute Gasteiger partial charge is 0.307 e. The van der Waals surface area contributed by atoms with E-state index >= 15 is 0 Å². The van der Waals surface area contributed by atoms with Gasteiger partial charge in [0.1, 0.15) is 5.01 Å². The van der Waals surface area contributed by atoms with Crippen LogP contribution < -0.4 is 5.32 Å². The zero-order valence-corrected chi connectivity index (χ0v) is 12.7. The number of hydrogen-bond acceptors (Lipinski definition) is 4. The van der Waals surface area contributed by atoms with Crippen LogP contribution in [0.4, 0.5) is 0 Å². The summed E-state index contributed by atoms with van der Waals surface area (Å²) in [7, 11) is 0. The molecule has 1 aromatic heterocycles. The number of aliphatic carboxylic acids is 1. The fourth-order valence-corrected chi connectivity index (χ4v) is 3.59. The van der Waals surface area contributed by atoms with E-state index in [0.717, 1.165) is 9.88 Å². The Morgan fingerprint density at radius 2 is 2.10 bits per heavy atom. The largest absolute Gasteiger partial charge is 0.481 e. The van der Waals surface area contributed by atoms with Gasteiger partial charge in [0.05, 0.1) is 17.9 Å². The third-order valence-corrected chi connectivity index (χ3v) is 4.92. The van der Waals surface area contributed by atoms with Crippen LogP contribution in [-0.4, -0.2) is 22.0 Å². The molecule has 0 radical (unpaired) electrons. The molecule has 1 heterocycles. The molecule has 110 valence electrons. The molecule has 0 saturated heterocycles. The highest BCUT2D eigenvalue weighted by atomic mass is 32.1. The van der Waals surface area contributed by atoms with Crippen LogP contribution in [0.3, 0.4) is 0 Å². The third kappa shape index (κ3) is 3.17. The molecule has 2 unspecified atom stereocenters. The highest BCUT2D eigenvalue weighted by Crippen LogP contribution is 2.37. The molecular formula is C14H20N2O3S. The first-order valence-corrected chi connectivity index (χ1v) is 7.65. The minimum Gasteiger partial charge on any atom is -0.481 e. The fraction of sp³-hybridized carbons (Fsp3) is 0.643. The topological polar surface area (TPSA) is 79.3 Å². The van der Waals surface area contributed by atoms with E-state index in [0.29, 0.717) is 12.8 Å². The van der Waals surface area contributed by atoms with Gasteiger partial charge in [-0.3, -0.25) is 9.59 Å². The number of rotatable bonds is 4. The average molecular weight is 296 g/mol. The van der Waals surface area contributed by atoms with Crippen LogP contribution in [0, 0.1) is 24.7 Å². The molecule has 2 rings (SSSR count). The SMILES string of the molecule is Cc1cnc(C(C)NC(=O)[C@H]2CC(C)C[C@H]2C(=O)O)s1. The molecule has 6 heteroatoms. The molecule has 1 aliphatic rings. The Morgan fingerprint density at radius 1 is 1.45 bits per heavy atom. The first-order chi connectivity index (χ1) is 9.38. The van der Waals surface area contributed by atoms with E-state index in [2.05, 4.69) is 10.3 Å². The summed E-state index contributed by atoms with van der Waals surface area (Å²) < 4.78 is 0. The first kappa shape index (κ1) is 15.0. The number of carboxylic acid groups (broad SMARTS) is 1. The van der Waals surface area contributed by atoms with Gasteiger partial charge in [0, 0.05) is 11.1 Å². The van der Waals surface area contributed by atoms with Crippen molar-refractivity contribution in [3.05, 3.63) is 16.1 Å². The van der Waals surface area contributed by atoms with Gasteiger partial charge in [0.15, 0.2) is 0 Å². The van der Waals surface area contributed by atoms with Gasteiger partial charge in [-0.1, -0.05) is 6.92 Å². The molecule has 1 amide bonds. The van der Waals surface area contributed by atoms with E-state index in [1.54, 1.807) is 17.5 Å². The number of carbonyl (C=O) groups is 2. The number of carboxylic acids is 1. The maximum Gasteiger partial charge on any atom is 0.307 e. The van der Waals surface area contributed by atoms with E-state index in [1.807, 2.05) is 20.8 Å². The Hall–Kier alpha value is -1.43. The second-order valence-corrected chi connectivity index (χ2v) is 6.93. The minimum atomic E-state index is -0.868. The van der Waals surface area contributed by atoms with Gasteiger partial charge >= 0.3 is 5.97 Å². The lowest BCUT2D eigenvalue weighted by Gasteiger charge is -2.18. The predicted molar refractivity (Wildman–Crippen MR) is 76.4 cm³/mol. The molecule has 0 aromatic carbocycles. The molecule has 4 atom stereocenters. The zero-order valence-electron chi connectivity index (χ0n) is 11.9. The van der Waals surface area contributed by atoms with E-state index in [1.165, 1.54) is 0 Å². The van der Waals surface area contributed by atoms with Crippen LogP contribution in [0.15, 0.2) is 6.20 Å². The van der Waals surface area contributed by atoms with Crippen molar-refractivity contribution in [3.63, 3.8) is 0 Å². The number of nitrogens with zero attached hydrogens (tertiary/aromatic N) is 1. The van der Waals surface area contributed by atoms with Crippen molar-refractivity contribution >= 4 is 23.2 Å². The summed E-state index contributed by atoms with van der Waals surface area (Å²) in [5.74, 6) is -1.74.